The van der Waals surface area contributed by atoms with E-state index >= 15 is 0 Å². The highest BCUT2D eigenvalue weighted by molar-refractivity contribution is 5.76. The molecular formula is C13H19N3O2. The summed E-state index contributed by atoms with van der Waals surface area (Å²) >= 11 is 0. The van der Waals surface area contributed by atoms with Gasteiger partial charge in [0.2, 0.25) is 0 Å². The topological polar surface area (TPSA) is 65.5 Å². The van der Waals surface area contributed by atoms with Gasteiger partial charge in [0, 0.05) is 37.6 Å². The third-order valence-electron chi connectivity index (χ3n) is 3.35. The van der Waals surface area contributed by atoms with E-state index < -0.39 is 12.0 Å². The van der Waals surface area contributed by atoms with Gasteiger partial charge in [0.05, 0.1) is 0 Å². The number of aliphatic carboxylic acids is 1. The molecule has 98 valence electrons. The summed E-state index contributed by atoms with van der Waals surface area (Å²) in [7, 11) is 0. The van der Waals surface area contributed by atoms with E-state index in [1.807, 2.05) is 17.9 Å². The van der Waals surface area contributed by atoms with Gasteiger partial charge in [-0.2, -0.15) is 0 Å². The van der Waals surface area contributed by atoms with Crippen LogP contribution in [-0.2, 0) is 4.79 Å². The van der Waals surface area contributed by atoms with Crippen LogP contribution >= 0.6 is 0 Å². The van der Waals surface area contributed by atoms with E-state index in [4.69, 9.17) is 0 Å². The van der Waals surface area contributed by atoms with Crippen molar-refractivity contribution in [1.82, 2.24) is 15.2 Å². The van der Waals surface area contributed by atoms with Gasteiger partial charge in [-0.3, -0.25) is 14.7 Å². The van der Waals surface area contributed by atoms with Crippen LogP contribution in [0.1, 0.15) is 23.6 Å². The monoisotopic (exact) mass is 249 g/mol. The van der Waals surface area contributed by atoms with E-state index in [2.05, 4.69) is 10.3 Å². The molecule has 1 aliphatic rings. The number of nitrogens with zero attached hydrogens (tertiary/aromatic N) is 2. The molecular weight excluding hydrogens is 230 g/mol. The fraction of sp³-hybridized carbons (Fsp3) is 0.538. The summed E-state index contributed by atoms with van der Waals surface area (Å²) in [6.45, 7) is 5.28. The SMILES string of the molecule is Cc1ccncc1C(C(=O)O)N1CCCNCC1. The number of nitrogens with one attached hydrogen (secondary N) is 1. The number of aryl methyl sites for hydroxylation is 1. The molecule has 2 heterocycles. The van der Waals surface area contributed by atoms with Crippen LogP contribution in [0.25, 0.3) is 0 Å². The van der Waals surface area contributed by atoms with Gasteiger partial charge >= 0.3 is 5.97 Å². The predicted molar refractivity (Wildman–Crippen MR) is 68.4 cm³/mol. The van der Waals surface area contributed by atoms with Gasteiger partial charge in [-0.1, -0.05) is 0 Å². The summed E-state index contributed by atoms with van der Waals surface area (Å²) < 4.78 is 0. The lowest BCUT2D eigenvalue weighted by Crippen LogP contribution is -2.37. The average Bonchev–Trinajstić information content (AvgIpc) is 2.60. The van der Waals surface area contributed by atoms with Crippen LogP contribution in [0.4, 0.5) is 0 Å². The molecule has 0 spiro atoms. The lowest BCUT2D eigenvalue weighted by Gasteiger charge is -2.28. The Balaban J connectivity index is 2.27. The van der Waals surface area contributed by atoms with Gasteiger partial charge in [0.25, 0.3) is 0 Å². The van der Waals surface area contributed by atoms with Gasteiger partial charge in [-0.15, -0.1) is 0 Å². The minimum absolute atomic E-state index is 0.585. The molecule has 5 heteroatoms. The van der Waals surface area contributed by atoms with Crippen molar-refractivity contribution in [3.05, 3.63) is 29.6 Å². The normalized spacial score (nSPS) is 19.2. The lowest BCUT2D eigenvalue weighted by molar-refractivity contribution is -0.143. The number of hydrogen-bond donors (Lipinski definition) is 2. The molecule has 1 saturated heterocycles. The Hall–Kier alpha value is -1.46. The van der Waals surface area contributed by atoms with Crippen LogP contribution in [-0.4, -0.2) is 47.1 Å². The quantitative estimate of drug-likeness (QED) is 0.830. The van der Waals surface area contributed by atoms with Crippen LogP contribution in [0, 0.1) is 6.92 Å². The number of pyridine rings is 1. The first-order valence-corrected chi connectivity index (χ1v) is 6.28. The van der Waals surface area contributed by atoms with Crippen molar-refractivity contribution in [2.24, 2.45) is 0 Å². The van der Waals surface area contributed by atoms with Crippen LogP contribution in [0.5, 0.6) is 0 Å². The number of aromatic nitrogens is 1. The lowest BCUT2D eigenvalue weighted by atomic mass is 10.0. The second-order valence-corrected chi connectivity index (χ2v) is 4.61. The first-order valence-electron chi connectivity index (χ1n) is 6.28. The summed E-state index contributed by atoms with van der Waals surface area (Å²) in [5.74, 6) is -0.798. The molecule has 0 bridgehead atoms. The standard InChI is InChI=1S/C13H19N3O2/c1-10-3-5-15-9-11(10)12(13(17)18)16-7-2-4-14-6-8-16/h3,5,9,12,14H,2,4,6-8H2,1H3,(H,17,18). The Morgan fingerprint density at radius 1 is 1.50 bits per heavy atom. The molecule has 18 heavy (non-hydrogen) atoms. The molecule has 0 saturated carbocycles. The highest BCUT2D eigenvalue weighted by Gasteiger charge is 2.29. The average molecular weight is 249 g/mol. The van der Waals surface area contributed by atoms with E-state index in [0.29, 0.717) is 0 Å². The summed E-state index contributed by atoms with van der Waals surface area (Å²) in [4.78, 5) is 17.7. The maximum absolute atomic E-state index is 11.6. The van der Waals surface area contributed by atoms with Crippen molar-refractivity contribution in [2.75, 3.05) is 26.2 Å². The Labute approximate surface area is 107 Å². The third kappa shape index (κ3) is 2.86. The fourth-order valence-electron chi connectivity index (χ4n) is 2.37. The molecule has 0 amide bonds. The van der Waals surface area contributed by atoms with E-state index in [1.54, 1.807) is 12.4 Å². The third-order valence-corrected chi connectivity index (χ3v) is 3.35. The maximum atomic E-state index is 11.6. The van der Waals surface area contributed by atoms with Crippen molar-refractivity contribution in [3.63, 3.8) is 0 Å². The molecule has 2 rings (SSSR count). The summed E-state index contributed by atoms with van der Waals surface area (Å²) in [5, 5.41) is 12.8. The molecule has 1 aromatic rings. The molecule has 0 aliphatic carbocycles. The molecule has 0 aromatic carbocycles. The van der Waals surface area contributed by atoms with Crippen molar-refractivity contribution < 1.29 is 9.90 Å². The predicted octanol–water partition coefficient (Wildman–Crippen LogP) is 0.811. The van der Waals surface area contributed by atoms with Crippen molar-refractivity contribution >= 4 is 5.97 Å². The molecule has 1 aromatic heterocycles. The van der Waals surface area contributed by atoms with Crippen molar-refractivity contribution in [1.29, 1.82) is 0 Å². The Morgan fingerprint density at radius 2 is 2.33 bits per heavy atom. The van der Waals surface area contributed by atoms with E-state index in [-0.39, 0.29) is 0 Å². The number of hydrogen-bond acceptors (Lipinski definition) is 4. The summed E-state index contributed by atoms with van der Waals surface area (Å²) in [6, 6.07) is 1.28. The highest BCUT2D eigenvalue weighted by atomic mass is 16.4. The summed E-state index contributed by atoms with van der Waals surface area (Å²) in [6.07, 6.45) is 4.34. The van der Waals surface area contributed by atoms with Crippen LogP contribution in [0.3, 0.4) is 0 Å². The zero-order valence-corrected chi connectivity index (χ0v) is 10.6. The zero-order chi connectivity index (χ0) is 13.0. The minimum atomic E-state index is -0.798. The van der Waals surface area contributed by atoms with E-state index in [0.717, 1.165) is 43.7 Å². The smallest absolute Gasteiger partial charge is 0.325 e. The molecule has 1 unspecified atom stereocenters. The summed E-state index contributed by atoms with van der Waals surface area (Å²) in [5.41, 5.74) is 1.78. The second-order valence-electron chi connectivity index (χ2n) is 4.61. The number of carbonyl (C=O) groups is 1. The molecule has 0 radical (unpaired) electrons. The van der Waals surface area contributed by atoms with Gasteiger partial charge in [-0.05, 0) is 31.5 Å². The highest BCUT2D eigenvalue weighted by Crippen LogP contribution is 2.23. The molecule has 1 aliphatic heterocycles. The largest absolute Gasteiger partial charge is 0.480 e. The first kappa shape index (κ1) is 13.0. The number of rotatable bonds is 3. The Kier molecular flexibility index (Phi) is 4.28. The van der Waals surface area contributed by atoms with Crippen molar-refractivity contribution in [3.8, 4) is 0 Å². The second kappa shape index (κ2) is 5.93. The van der Waals surface area contributed by atoms with E-state index in [9.17, 15) is 9.90 Å². The first-order chi connectivity index (χ1) is 8.70. The van der Waals surface area contributed by atoms with Crippen LogP contribution in [0.2, 0.25) is 0 Å². The van der Waals surface area contributed by atoms with Gasteiger partial charge in [0.1, 0.15) is 6.04 Å². The Bertz CT molecular complexity index is 414. The van der Waals surface area contributed by atoms with Crippen LogP contribution < -0.4 is 5.32 Å². The molecule has 1 fully saturated rings. The molecule has 1 atom stereocenters. The molecule has 2 N–H and O–H groups in total. The number of carboxylic acid groups (broad SMARTS) is 1. The minimum Gasteiger partial charge on any atom is -0.480 e. The zero-order valence-electron chi connectivity index (χ0n) is 10.6. The fourth-order valence-corrected chi connectivity index (χ4v) is 2.37. The Morgan fingerprint density at radius 3 is 3.06 bits per heavy atom. The van der Waals surface area contributed by atoms with Crippen LogP contribution in [0.15, 0.2) is 18.5 Å². The van der Waals surface area contributed by atoms with Gasteiger partial charge < -0.3 is 10.4 Å². The molecule has 5 nitrogen and oxygen atoms in total. The van der Waals surface area contributed by atoms with Crippen molar-refractivity contribution in [2.45, 2.75) is 19.4 Å². The van der Waals surface area contributed by atoms with Gasteiger partial charge in [0.15, 0.2) is 0 Å². The van der Waals surface area contributed by atoms with Gasteiger partial charge in [-0.25, -0.2) is 0 Å². The number of carboxylic acids is 1. The maximum Gasteiger partial charge on any atom is 0.325 e. The van der Waals surface area contributed by atoms with E-state index in [1.165, 1.54) is 0 Å².